The number of rotatable bonds is 6. The maximum absolute atomic E-state index is 12.5. The summed E-state index contributed by atoms with van der Waals surface area (Å²) in [5.41, 5.74) is 3.26. The Morgan fingerprint density at radius 2 is 1.74 bits per heavy atom. The normalized spacial score (nSPS) is 10.8. The maximum Gasteiger partial charge on any atom is 0.234 e. The molecule has 0 atom stereocenters. The molecule has 1 heterocycles. The van der Waals surface area contributed by atoms with Gasteiger partial charge in [0, 0.05) is 10.2 Å². The van der Waals surface area contributed by atoms with E-state index >= 15 is 0 Å². The lowest BCUT2D eigenvalue weighted by Crippen LogP contribution is -2.15. The highest BCUT2D eigenvalue weighted by Crippen LogP contribution is 2.32. The van der Waals surface area contributed by atoms with E-state index in [1.165, 1.54) is 11.8 Å². The molecule has 31 heavy (non-hydrogen) atoms. The molecule has 156 valence electrons. The summed E-state index contributed by atoms with van der Waals surface area (Å²) in [6.07, 6.45) is 0. The predicted molar refractivity (Wildman–Crippen MR) is 127 cm³/mol. The van der Waals surface area contributed by atoms with Gasteiger partial charge in [0.25, 0.3) is 0 Å². The number of anilines is 1. The summed E-state index contributed by atoms with van der Waals surface area (Å²) in [4.78, 5) is 12.5. The number of carbonyl (C=O) groups excluding carboxylic acids is 1. The number of aryl methyl sites for hydroxylation is 1. The average molecular weight is 495 g/mol. The number of hydrogen-bond acceptors (Lipinski definition) is 5. The highest BCUT2D eigenvalue weighted by molar-refractivity contribution is 9.10. The predicted octanol–water partition coefficient (Wildman–Crippen LogP) is 5.44. The number of para-hydroxylation sites is 2. The standard InChI is InChI=1S/C23H19BrN4O2S/c1-15-10-12-16(13-11-15)28-22(17-6-2-5-9-20(17)29)26-27-23(28)31-14-21(30)25-19-8-4-3-7-18(19)24/h2-13,29H,14H2,1H3,(H,25,30). The van der Waals surface area contributed by atoms with Crippen molar-refractivity contribution in [3.05, 3.63) is 82.8 Å². The van der Waals surface area contributed by atoms with Crippen LogP contribution >= 0.6 is 27.7 Å². The van der Waals surface area contributed by atoms with Gasteiger partial charge in [0.2, 0.25) is 5.91 Å². The van der Waals surface area contributed by atoms with Gasteiger partial charge in [-0.25, -0.2) is 0 Å². The fourth-order valence-electron chi connectivity index (χ4n) is 3.01. The van der Waals surface area contributed by atoms with Crippen LogP contribution in [0.3, 0.4) is 0 Å². The summed E-state index contributed by atoms with van der Waals surface area (Å²) in [6.45, 7) is 2.02. The van der Waals surface area contributed by atoms with E-state index in [1.54, 1.807) is 18.2 Å². The lowest BCUT2D eigenvalue weighted by atomic mass is 10.1. The Labute approximate surface area is 192 Å². The minimum atomic E-state index is -0.153. The van der Waals surface area contributed by atoms with Gasteiger partial charge in [0.05, 0.1) is 17.0 Å². The van der Waals surface area contributed by atoms with Gasteiger partial charge in [0.15, 0.2) is 11.0 Å². The summed E-state index contributed by atoms with van der Waals surface area (Å²) in [5.74, 6) is 0.633. The molecule has 0 bridgehead atoms. The highest BCUT2D eigenvalue weighted by Gasteiger charge is 2.19. The van der Waals surface area contributed by atoms with Crippen molar-refractivity contribution in [2.24, 2.45) is 0 Å². The second-order valence-corrected chi connectivity index (χ2v) is 8.61. The van der Waals surface area contributed by atoms with Crippen molar-refractivity contribution in [2.75, 3.05) is 11.1 Å². The van der Waals surface area contributed by atoms with Crippen LogP contribution in [-0.4, -0.2) is 31.5 Å². The lowest BCUT2D eigenvalue weighted by Gasteiger charge is -2.12. The average Bonchev–Trinajstić information content (AvgIpc) is 3.18. The van der Waals surface area contributed by atoms with Crippen molar-refractivity contribution < 1.29 is 9.90 Å². The third-order valence-electron chi connectivity index (χ3n) is 4.55. The van der Waals surface area contributed by atoms with Crippen molar-refractivity contribution in [1.29, 1.82) is 0 Å². The van der Waals surface area contributed by atoms with E-state index < -0.39 is 0 Å². The van der Waals surface area contributed by atoms with E-state index in [9.17, 15) is 9.90 Å². The van der Waals surface area contributed by atoms with E-state index in [0.717, 1.165) is 15.7 Å². The molecule has 1 aromatic heterocycles. The van der Waals surface area contributed by atoms with Crippen LogP contribution in [0.4, 0.5) is 5.69 Å². The van der Waals surface area contributed by atoms with Gasteiger partial charge in [0.1, 0.15) is 5.75 Å². The Bertz CT molecular complexity index is 1220. The number of nitrogens with one attached hydrogen (secondary N) is 1. The summed E-state index contributed by atoms with van der Waals surface area (Å²) in [5, 5.41) is 22.4. The van der Waals surface area contributed by atoms with Gasteiger partial charge in [-0.1, -0.05) is 53.7 Å². The zero-order valence-electron chi connectivity index (χ0n) is 16.6. The van der Waals surface area contributed by atoms with Crippen molar-refractivity contribution in [3.63, 3.8) is 0 Å². The summed E-state index contributed by atoms with van der Waals surface area (Å²) in [7, 11) is 0. The highest BCUT2D eigenvalue weighted by atomic mass is 79.9. The number of aromatic nitrogens is 3. The van der Waals surface area contributed by atoms with E-state index in [4.69, 9.17) is 0 Å². The Balaban J connectivity index is 1.63. The van der Waals surface area contributed by atoms with Gasteiger partial charge in [-0.15, -0.1) is 10.2 Å². The van der Waals surface area contributed by atoms with E-state index in [2.05, 4.69) is 31.4 Å². The van der Waals surface area contributed by atoms with Crippen LogP contribution in [0.15, 0.2) is 82.4 Å². The molecule has 4 aromatic rings. The van der Waals surface area contributed by atoms with E-state index in [0.29, 0.717) is 22.2 Å². The molecule has 0 radical (unpaired) electrons. The lowest BCUT2D eigenvalue weighted by molar-refractivity contribution is -0.113. The Morgan fingerprint density at radius 3 is 2.48 bits per heavy atom. The molecule has 4 rings (SSSR count). The summed E-state index contributed by atoms with van der Waals surface area (Å²) in [6, 6.07) is 22.4. The van der Waals surface area contributed by atoms with Crippen molar-refractivity contribution in [2.45, 2.75) is 12.1 Å². The first-order chi connectivity index (χ1) is 15.0. The number of thioether (sulfide) groups is 1. The fraction of sp³-hybridized carbons (Fsp3) is 0.0870. The second-order valence-electron chi connectivity index (χ2n) is 6.81. The maximum atomic E-state index is 12.5. The zero-order chi connectivity index (χ0) is 21.8. The van der Waals surface area contributed by atoms with Gasteiger partial charge in [-0.05, 0) is 59.3 Å². The SMILES string of the molecule is Cc1ccc(-n2c(SCC(=O)Nc3ccccc3Br)nnc2-c2ccccc2O)cc1. The van der Waals surface area contributed by atoms with Crippen LogP contribution in [0.5, 0.6) is 5.75 Å². The first-order valence-corrected chi connectivity index (χ1v) is 11.3. The van der Waals surface area contributed by atoms with Gasteiger partial charge in [-0.3, -0.25) is 9.36 Å². The largest absolute Gasteiger partial charge is 0.507 e. The van der Waals surface area contributed by atoms with Crippen LogP contribution in [0.2, 0.25) is 0 Å². The molecule has 0 saturated carbocycles. The number of phenolic OH excluding ortho intramolecular Hbond substituents is 1. The molecule has 3 aromatic carbocycles. The molecule has 0 aliphatic heterocycles. The molecule has 0 aliphatic rings. The molecular weight excluding hydrogens is 476 g/mol. The molecule has 0 aliphatic carbocycles. The Hall–Kier alpha value is -3.10. The Kier molecular flexibility index (Phi) is 6.39. The number of nitrogens with zero attached hydrogens (tertiary/aromatic N) is 3. The first-order valence-electron chi connectivity index (χ1n) is 9.51. The van der Waals surface area contributed by atoms with Crippen LogP contribution < -0.4 is 5.32 Å². The molecular formula is C23H19BrN4O2S. The van der Waals surface area contributed by atoms with E-state index in [1.807, 2.05) is 66.1 Å². The first kappa shape index (κ1) is 21.1. The van der Waals surface area contributed by atoms with Gasteiger partial charge < -0.3 is 10.4 Å². The van der Waals surface area contributed by atoms with Crippen molar-refractivity contribution in [3.8, 4) is 22.8 Å². The number of amides is 1. The number of benzene rings is 3. The van der Waals surface area contributed by atoms with Gasteiger partial charge in [-0.2, -0.15) is 0 Å². The molecule has 8 heteroatoms. The number of hydrogen-bond donors (Lipinski definition) is 2. The monoisotopic (exact) mass is 494 g/mol. The van der Waals surface area contributed by atoms with Crippen LogP contribution in [0, 0.1) is 6.92 Å². The van der Waals surface area contributed by atoms with Crippen LogP contribution in [0.25, 0.3) is 17.1 Å². The number of aromatic hydroxyl groups is 1. The third kappa shape index (κ3) is 4.81. The topological polar surface area (TPSA) is 80.0 Å². The molecule has 1 amide bonds. The molecule has 2 N–H and O–H groups in total. The van der Waals surface area contributed by atoms with Gasteiger partial charge >= 0.3 is 0 Å². The second kappa shape index (κ2) is 9.36. The third-order valence-corrected chi connectivity index (χ3v) is 6.17. The van der Waals surface area contributed by atoms with Crippen molar-refractivity contribution in [1.82, 2.24) is 14.8 Å². The van der Waals surface area contributed by atoms with E-state index in [-0.39, 0.29) is 17.4 Å². The molecule has 0 fully saturated rings. The van der Waals surface area contributed by atoms with Crippen LogP contribution in [-0.2, 0) is 4.79 Å². The number of phenols is 1. The quantitative estimate of drug-likeness (QED) is 0.348. The molecule has 0 spiro atoms. The van der Waals surface area contributed by atoms with Crippen molar-refractivity contribution >= 4 is 39.3 Å². The fourth-order valence-corrected chi connectivity index (χ4v) is 4.14. The Morgan fingerprint density at radius 1 is 1.03 bits per heavy atom. The zero-order valence-corrected chi connectivity index (χ0v) is 19.0. The number of carbonyl (C=O) groups is 1. The smallest absolute Gasteiger partial charge is 0.234 e. The minimum absolute atomic E-state index is 0.117. The number of halogens is 1. The molecule has 6 nitrogen and oxygen atoms in total. The molecule has 0 unspecified atom stereocenters. The van der Waals surface area contributed by atoms with Crippen LogP contribution in [0.1, 0.15) is 5.56 Å². The molecule has 0 saturated heterocycles. The summed E-state index contributed by atoms with van der Waals surface area (Å²) < 4.78 is 2.67. The summed E-state index contributed by atoms with van der Waals surface area (Å²) >= 11 is 4.71. The minimum Gasteiger partial charge on any atom is -0.507 e.